The van der Waals surface area contributed by atoms with Crippen molar-refractivity contribution in [3.63, 3.8) is 0 Å². The number of benzene rings is 1. The van der Waals surface area contributed by atoms with Gasteiger partial charge in [-0.05, 0) is 19.9 Å². The highest BCUT2D eigenvalue weighted by molar-refractivity contribution is 6.31. The minimum absolute atomic E-state index is 0.00678. The first-order chi connectivity index (χ1) is 8.41. The van der Waals surface area contributed by atoms with Crippen LogP contribution in [-0.2, 0) is 4.79 Å². The van der Waals surface area contributed by atoms with Crippen LogP contribution in [-0.4, -0.2) is 18.0 Å². The second-order valence-electron chi connectivity index (χ2n) is 4.14. The number of urea groups is 1. The maximum Gasteiger partial charge on any atom is 0.319 e. The van der Waals surface area contributed by atoms with E-state index in [1.54, 1.807) is 13.0 Å². The lowest BCUT2D eigenvalue weighted by Gasteiger charge is -2.16. The van der Waals surface area contributed by atoms with Crippen LogP contribution in [0.1, 0.15) is 25.5 Å². The van der Waals surface area contributed by atoms with Crippen LogP contribution in [0, 0.1) is 0 Å². The van der Waals surface area contributed by atoms with Crippen LogP contribution in [0.5, 0.6) is 0 Å². The molecule has 0 aliphatic carbocycles. The number of nitrogens with one attached hydrogen (secondary N) is 1. The number of carbonyl (C=O) groups is 2. The Balaban J connectivity index is 2.65. The Morgan fingerprint density at radius 3 is 2.50 bits per heavy atom. The molecule has 2 atom stereocenters. The van der Waals surface area contributed by atoms with Gasteiger partial charge < -0.3 is 11.1 Å². The van der Waals surface area contributed by atoms with Crippen molar-refractivity contribution >= 4 is 23.5 Å². The molecule has 1 aromatic carbocycles. The third-order valence-electron chi connectivity index (χ3n) is 2.63. The molecular weight excluding hydrogens is 254 g/mol. The quantitative estimate of drug-likeness (QED) is 0.746. The zero-order chi connectivity index (χ0) is 13.7. The number of hydrogen-bond donors (Lipinski definition) is 3. The van der Waals surface area contributed by atoms with E-state index in [0.29, 0.717) is 5.02 Å². The molecule has 5 nitrogen and oxygen atoms in total. The fourth-order valence-electron chi connectivity index (χ4n) is 1.70. The predicted octanol–water partition coefficient (Wildman–Crippen LogP) is 0.548. The zero-order valence-corrected chi connectivity index (χ0v) is 11.1. The third kappa shape index (κ3) is 4.01. The molecule has 1 aromatic rings. The second-order valence-corrected chi connectivity index (χ2v) is 4.55. The van der Waals surface area contributed by atoms with Crippen LogP contribution in [0.25, 0.3) is 0 Å². The van der Waals surface area contributed by atoms with Gasteiger partial charge in [0.05, 0.1) is 0 Å². The van der Waals surface area contributed by atoms with E-state index in [0.717, 1.165) is 5.56 Å². The number of imide groups is 1. The van der Waals surface area contributed by atoms with Gasteiger partial charge in [0.2, 0.25) is 0 Å². The molecule has 0 radical (unpaired) electrons. The number of amides is 3. The Kier molecular flexibility index (Phi) is 5.12. The maximum atomic E-state index is 11.5. The van der Waals surface area contributed by atoms with E-state index >= 15 is 0 Å². The summed E-state index contributed by atoms with van der Waals surface area (Å²) in [7, 11) is 0. The van der Waals surface area contributed by atoms with E-state index in [1.807, 2.05) is 35.8 Å². The van der Waals surface area contributed by atoms with Crippen molar-refractivity contribution < 1.29 is 14.9 Å². The van der Waals surface area contributed by atoms with Gasteiger partial charge in [0.15, 0.2) is 6.04 Å². The Morgan fingerprint density at radius 1 is 1.33 bits per heavy atom. The Bertz CT molecular complexity index is 451. The molecule has 0 unspecified atom stereocenters. The Labute approximate surface area is 111 Å². The van der Waals surface area contributed by atoms with Gasteiger partial charge in [-0.3, -0.25) is 10.1 Å². The number of carbonyl (C=O) groups excluding carboxylic acids is 2. The van der Waals surface area contributed by atoms with Crippen molar-refractivity contribution in [2.75, 3.05) is 0 Å². The van der Waals surface area contributed by atoms with Gasteiger partial charge in [-0.25, -0.2) is 4.79 Å². The average molecular weight is 271 g/mol. The van der Waals surface area contributed by atoms with Crippen LogP contribution in [0.15, 0.2) is 24.3 Å². The molecule has 0 aliphatic rings. The molecule has 3 amide bonds. The van der Waals surface area contributed by atoms with Crippen molar-refractivity contribution in [2.24, 2.45) is 5.73 Å². The summed E-state index contributed by atoms with van der Waals surface area (Å²) < 4.78 is 0. The molecule has 0 aromatic heterocycles. The summed E-state index contributed by atoms with van der Waals surface area (Å²) >= 11 is 6.07. The highest BCUT2D eigenvalue weighted by atomic mass is 35.5. The second kappa shape index (κ2) is 6.37. The van der Waals surface area contributed by atoms with Gasteiger partial charge in [-0.2, -0.15) is 0 Å². The van der Waals surface area contributed by atoms with Gasteiger partial charge in [-0.15, -0.1) is 0 Å². The molecule has 0 fully saturated rings. The van der Waals surface area contributed by atoms with Crippen LogP contribution in [0.2, 0.25) is 5.02 Å². The molecule has 6 heteroatoms. The summed E-state index contributed by atoms with van der Waals surface area (Å²) in [5, 5.41) is 4.52. The fourth-order valence-corrected chi connectivity index (χ4v) is 2.01. The first-order valence-corrected chi connectivity index (χ1v) is 5.99. The lowest BCUT2D eigenvalue weighted by molar-refractivity contribution is -0.710. The van der Waals surface area contributed by atoms with Crippen molar-refractivity contribution in [3.8, 4) is 0 Å². The number of nitrogens with two attached hydrogens (primary N) is 2. The van der Waals surface area contributed by atoms with Gasteiger partial charge in [-0.1, -0.05) is 29.8 Å². The molecule has 98 valence electrons. The Hall–Kier alpha value is -1.59. The van der Waals surface area contributed by atoms with E-state index in [9.17, 15) is 9.59 Å². The maximum absolute atomic E-state index is 11.5. The minimum atomic E-state index is -0.842. The lowest BCUT2D eigenvalue weighted by Crippen LogP contribution is -2.92. The van der Waals surface area contributed by atoms with E-state index in [-0.39, 0.29) is 6.04 Å². The summed E-state index contributed by atoms with van der Waals surface area (Å²) in [6.07, 6.45) is 0. The van der Waals surface area contributed by atoms with Gasteiger partial charge in [0.1, 0.15) is 6.04 Å². The number of hydrogen-bond acceptors (Lipinski definition) is 2. The molecule has 18 heavy (non-hydrogen) atoms. The summed E-state index contributed by atoms with van der Waals surface area (Å²) in [4.78, 5) is 22.1. The number of rotatable bonds is 4. The largest absolute Gasteiger partial charge is 0.351 e. The zero-order valence-electron chi connectivity index (χ0n) is 10.3. The smallest absolute Gasteiger partial charge is 0.319 e. The summed E-state index contributed by atoms with van der Waals surface area (Å²) in [5.74, 6) is -0.415. The van der Waals surface area contributed by atoms with Crippen molar-refractivity contribution in [1.29, 1.82) is 0 Å². The van der Waals surface area contributed by atoms with Crippen molar-refractivity contribution in [1.82, 2.24) is 5.32 Å². The monoisotopic (exact) mass is 270 g/mol. The normalized spacial score (nSPS) is 13.7. The van der Waals surface area contributed by atoms with Crippen molar-refractivity contribution in [3.05, 3.63) is 34.9 Å². The molecule has 5 N–H and O–H groups in total. The summed E-state index contributed by atoms with van der Waals surface area (Å²) in [5.41, 5.74) is 5.83. The molecule has 1 rings (SSSR count). The first kappa shape index (κ1) is 14.5. The Morgan fingerprint density at radius 2 is 1.94 bits per heavy atom. The molecular formula is C12H17ClN3O2+. The molecule has 0 bridgehead atoms. The topological polar surface area (TPSA) is 88.8 Å². The average Bonchev–Trinajstić information content (AvgIpc) is 2.28. The molecule has 0 heterocycles. The lowest BCUT2D eigenvalue weighted by atomic mass is 10.1. The molecule has 0 saturated heterocycles. The van der Waals surface area contributed by atoms with E-state index in [2.05, 4.69) is 0 Å². The predicted molar refractivity (Wildman–Crippen MR) is 69.0 cm³/mol. The summed E-state index contributed by atoms with van der Waals surface area (Å²) in [6.45, 7) is 3.64. The highest BCUT2D eigenvalue weighted by Gasteiger charge is 2.22. The highest BCUT2D eigenvalue weighted by Crippen LogP contribution is 2.19. The number of quaternary nitrogens is 1. The van der Waals surface area contributed by atoms with Gasteiger partial charge in [0.25, 0.3) is 5.91 Å². The molecule has 0 spiro atoms. The van der Waals surface area contributed by atoms with Crippen LogP contribution in [0.3, 0.4) is 0 Å². The third-order valence-corrected chi connectivity index (χ3v) is 2.98. The molecule has 0 aliphatic heterocycles. The van der Waals surface area contributed by atoms with E-state index in [1.165, 1.54) is 0 Å². The fraction of sp³-hybridized carbons (Fsp3) is 0.333. The van der Waals surface area contributed by atoms with Crippen LogP contribution < -0.4 is 16.4 Å². The summed E-state index contributed by atoms with van der Waals surface area (Å²) in [6, 6.07) is 6.18. The van der Waals surface area contributed by atoms with Crippen LogP contribution in [0.4, 0.5) is 4.79 Å². The van der Waals surface area contributed by atoms with Gasteiger partial charge in [0, 0.05) is 10.6 Å². The number of halogens is 1. The van der Waals surface area contributed by atoms with E-state index < -0.39 is 18.0 Å². The standard InChI is InChI=1S/C12H16ClN3O2/c1-7(9-5-3-4-6-10(9)13)15-8(2)11(17)16-12(14)18/h3-8,15H,1-2H3,(H3,14,16,17,18)/p+1/t7-,8+/m0/s1. The first-order valence-electron chi connectivity index (χ1n) is 5.61. The minimum Gasteiger partial charge on any atom is -0.351 e. The van der Waals surface area contributed by atoms with Gasteiger partial charge >= 0.3 is 6.03 Å². The molecule has 0 saturated carbocycles. The van der Waals surface area contributed by atoms with Crippen LogP contribution >= 0.6 is 11.6 Å². The van der Waals surface area contributed by atoms with Crippen molar-refractivity contribution in [2.45, 2.75) is 25.9 Å². The number of primary amides is 1. The van der Waals surface area contributed by atoms with E-state index in [4.69, 9.17) is 17.3 Å². The SMILES string of the molecule is C[C@H]([NH2+][C@H](C)C(=O)NC(N)=O)c1ccccc1Cl.